The molecule has 1 nitrogen and oxygen atoms in total. The van der Waals surface area contributed by atoms with Crippen LogP contribution in [-0.2, 0) is 0 Å². The molecule has 2 aromatic carbocycles. The van der Waals surface area contributed by atoms with Gasteiger partial charge in [0.25, 0.3) is 0 Å². The lowest BCUT2D eigenvalue weighted by Gasteiger charge is -2.22. The summed E-state index contributed by atoms with van der Waals surface area (Å²) in [7, 11) is 0. The molecule has 1 aliphatic carbocycles. The first-order valence-electron chi connectivity index (χ1n) is 8.56. The van der Waals surface area contributed by atoms with Crippen molar-refractivity contribution < 1.29 is 5.11 Å². The number of benzene rings is 2. The van der Waals surface area contributed by atoms with Gasteiger partial charge in [0.2, 0.25) is 0 Å². The van der Waals surface area contributed by atoms with Crippen molar-refractivity contribution >= 4 is 11.1 Å². The van der Waals surface area contributed by atoms with Gasteiger partial charge in [-0.2, -0.15) is 0 Å². The smallest absolute Gasteiger partial charge is 0.101 e. The van der Waals surface area contributed by atoms with Crippen LogP contribution in [0.5, 0.6) is 0 Å². The van der Waals surface area contributed by atoms with Crippen molar-refractivity contribution in [2.24, 2.45) is 0 Å². The second kappa shape index (κ2) is 7.32. The summed E-state index contributed by atoms with van der Waals surface area (Å²) in [5.41, 5.74) is 6.01. The van der Waals surface area contributed by atoms with Crippen LogP contribution in [-0.4, -0.2) is 5.11 Å². The van der Waals surface area contributed by atoms with Crippen LogP contribution >= 0.6 is 0 Å². The molecular formula is C22H24O. The summed E-state index contributed by atoms with van der Waals surface area (Å²) >= 11 is 0. The summed E-state index contributed by atoms with van der Waals surface area (Å²) in [6, 6.07) is 20.8. The van der Waals surface area contributed by atoms with E-state index in [4.69, 9.17) is 0 Å². The molecule has 0 saturated heterocycles. The number of hydrogen-bond acceptors (Lipinski definition) is 1. The zero-order valence-electron chi connectivity index (χ0n) is 13.8. The molecule has 1 aliphatic rings. The highest BCUT2D eigenvalue weighted by Gasteiger charge is 2.20. The van der Waals surface area contributed by atoms with Gasteiger partial charge in [0, 0.05) is 12.0 Å². The van der Waals surface area contributed by atoms with E-state index in [-0.39, 0.29) is 0 Å². The minimum Gasteiger partial charge on any atom is -0.512 e. The molecular weight excluding hydrogens is 280 g/mol. The molecule has 0 heterocycles. The fraction of sp³-hybridized carbons (Fsp3) is 0.273. The van der Waals surface area contributed by atoms with Crippen LogP contribution in [0.4, 0.5) is 0 Å². The zero-order chi connectivity index (χ0) is 16.1. The number of aliphatic hydroxyl groups is 1. The Kier molecular flexibility index (Phi) is 4.97. The van der Waals surface area contributed by atoms with Crippen molar-refractivity contribution in [2.75, 3.05) is 0 Å². The van der Waals surface area contributed by atoms with E-state index >= 15 is 0 Å². The first-order chi connectivity index (χ1) is 11.3. The largest absolute Gasteiger partial charge is 0.512 e. The van der Waals surface area contributed by atoms with E-state index in [1.807, 2.05) is 24.3 Å². The van der Waals surface area contributed by atoms with E-state index < -0.39 is 0 Å². The van der Waals surface area contributed by atoms with Crippen molar-refractivity contribution in [2.45, 2.75) is 39.0 Å². The lowest BCUT2D eigenvalue weighted by atomic mass is 9.83. The normalized spacial score (nSPS) is 16.2. The van der Waals surface area contributed by atoms with Crippen LogP contribution < -0.4 is 0 Å². The Hall–Kier alpha value is -2.28. The van der Waals surface area contributed by atoms with Crippen LogP contribution in [0.1, 0.15) is 50.2 Å². The summed E-state index contributed by atoms with van der Waals surface area (Å²) < 4.78 is 0. The average Bonchev–Trinajstić information content (AvgIpc) is 2.60. The molecule has 0 atom stereocenters. The zero-order valence-corrected chi connectivity index (χ0v) is 13.8. The van der Waals surface area contributed by atoms with Crippen LogP contribution in [0.15, 0.2) is 72.0 Å². The van der Waals surface area contributed by atoms with Gasteiger partial charge in [-0.3, -0.25) is 0 Å². The number of aliphatic hydroxyl groups excluding tert-OH is 1. The summed E-state index contributed by atoms with van der Waals surface area (Å²) in [6.45, 7) is 2.22. The molecule has 118 valence electrons. The molecule has 23 heavy (non-hydrogen) atoms. The van der Waals surface area contributed by atoms with E-state index in [0.29, 0.717) is 5.76 Å². The van der Waals surface area contributed by atoms with Crippen molar-refractivity contribution in [3.05, 3.63) is 83.1 Å². The first kappa shape index (κ1) is 15.6. The molecule has 0 aliphatic heterocycles. The van der Waals surface area contributed by atoms with Gasteiger partial charge < -0.3 is 5.11 Å². The summed E-state index contributed by atoms with van der Waals surface area (Å²) in [5, 5.41) is 10.8. The highest BCUT2D eigenvalue weighted by molar-refractivity contribution is 6.06. The Labute approximate surface area is 139 Å². The van der Waals surface area contributed by atoms with Gasteiger partial charge >= 0.3 is 0 Å². The molecule has 0 unspecified atom stereocenters. The third-order valence-corrected chi connectivity index (χ3v) is 4.59. The maximum atomic E-state index is 10.8. The van der Waals surface area contributed by atoms with Gasteiger partial charge in [-0.25, -0.2) is 0 Å². The predicted octanol–water partition coefficient (Wildman–Crippen LogP) is 6.39. The molecule has 1 heteroatoms. The van der Waals surface area contributed by atoms with Crippen LogP contribution in [0.2, 0.25) is 0 Å². The maximum Gasteiger partial charge on any atom is 0.101 e. The van der Waals surface area contributed by atoms with Gasteiger partial charge in [-0.05, 0) is 42.4 Å². The second-order valence-electron chi connectivity index (χ2n) is 6.09. The van der Waals surface area contributed by atoms with Crippen LogP contribution in [0.25, 0.3) is 11.1 Å². The Bertz CT molecular complexity index is 708. The Morgan fingerprint density at radius 3 is 1.83 bits per heavy atom. The van der Waals surface area contributed by atoms with Gasteiger partial charge in [0.1, 0.15) is 5.76 Å². The lowest BCUT2D eigenvalue weighted by Crippen LogP contribution is -2.03. The minimum absolute atomic E-state index is 0.528. The van der Waals surface area contributed by atoms with Crippen LogP contribution in [0, 0.1) is 0 Å². The molecule has 0 fully saturated rings. The van der Waals surface area contributed by atoms with Crippen molar-refractivity contribution in [3.63, 3.8) is 0 Å². The fourth-order valence-corrected chi connectivity index (χ4v) is 3.42. The lowest BCUT2D eigenvalue weighted by molar-refractivity contribution is 0.384. The molecule has 1 N–H and O–H groups in total. The Balaban J connectivity index is 2.26. The van der Waals surface area contributed by atoms with Crippen molar-refractivity contribution in [3.8, 4) is 0 Å². The topological polar surface area (TPSA) is 20.2 Å². The van der Waals surface area contributed by atoms with E-state index in [9.17, 15) is 5.11 Å². The third-order valence-electron chi connectivity index (χ3n) is 4.59. The molecule has 2 aromatic rings. The highest BCUT2D eigenvalue weighted by Crippen LogP contribution is 2.40. The van der Waals surface area contributed by atoms with Crippen molar-refractivity contribution in [1.29, 1.82) is 0 Å². The Morgan fingerprint density at radius 1 is 0.739 bits per heavy atom. The molecule has 0 aromatic heterocycles. The number of rotatable bonds is 3. The van der Waals surface area contributed by atoms with Gasteiger partial charge in [-0.1, -0.05) is 73.2 Å². The van der Waals surface area contributed by atoms with Gasteiger partial charge in [0.15, 0.2) is 0 Å². The average molecular weight is 304 g/mol. The molecule has 3 rings (SSSR count). The second-order valence-corrected chi connectivity index (χ2v) is 6.09. The van der Waals surface area contributed by atoms with E-state index in [0.717, 1.165) is 43.2 Å². The predicted molar refractivity (Wildman–Crippen MR) is 98.1 cm³/mol. The first-order valence-corrected chi connectivity index (χ1v) is 8.56. The minimum atomic E-state index is 0.528. The molecule has 0 bridgehead atoms. The SMILES string of the molecule is CCC1=C(c2ccccc2)C(c2ccccc2)=C(O)CCCC1. The van der Waals surface area contributed by atoms with E-state index in [1.54, 1.807) is 0 Å². The number of allylic oxidation sites excluding steroid dienone is 4. The van der Waals surface area contributed by atoms with E-state index in [2.05, 4.69) is 43.3 Å². The van der Waals surface area contributed by atoms with Gasteiger partial charge in [-0.15, -0.1) is 0 Å². The summed E-state index contributed by atoms with van der Waals surface area (Å²) in [6.07, 6.45) is 5.09. The molecule has 0 saturated carbocycles. The van der Waals surface area contributed by atoms with E-state index in [1.165, 1.54) is 16.7 Å². The summed E-state index contributed by atoms with van der Waals surface area (Å²) in [4.78, 5) is 0. The monoisotopic (exact) mass is 304 g/mol. The van der Waals surface area contributed by atoms with Gasteiger partial charge in [0.05, 0.1) is 0 Å². The third kappa shape index (κ3) is 3.39. The standard InChI is InChI=1S/C22H24O/c1-2-17-11-9-10-16-20(23)22(19-14-7-4-8-15-19)21(17)18-12-5-3-6-13-18/h3-8,12-15,23H,2,9-11,16H2,1H3. The quantitative estimate of drug-likeness (QED) is 0.696. The highest BCUT2D eigenvalue weighted by atomic mass is 16.3. The molecule has 0 radical (unpaired) electrons. The molecule has 0 amide bonds. The fourth-order valence-electron chi connectivity index (χ4n) is 3.42. The maximum absolute atomic E-state index is 10.8. The summed E-state index contributed by atoms with van der Waals surface area (Å²) in [5.74, 6) is 0.528. The Morgan fingerprint density at radius 2 is 1.26 bits per heavy atom. The molecule has 0 spiro atoms. The number of hydrogen-bond donors (Lipinski definition) is 1. The van der Waals surface area contributed by atoms with Crippen molar-refractivity contribution in [1.82, 2.24) is 0 Å². The van der Waals surface area contributed by atoms with Crippen LogP contribution in [0.3, 0.4) is 0 Å².